The smallest absolute Gasteiger partial charge is 0.242 e. The fraction of sp³-hybridized carbons (Fsp3) is 0.571. The minimum atomic E-state index is -3.49. The SMILES string of the molecule is CNS(=O)(=O)c1ccc(NC2CCC(SC)CC2)cc1N. The highest BCUT2D eigenvalue weighted by Gasteiger charge is 2.21. The molecule has 0 aromatic heterocycles. The first-order valence-corrected chi connectivity index (χ1v) is 9.85. The molecule has 0 spiro atoms. The zero-order valence-corrected chi connectivity index (χ0v) is 14.1. The largest absolute Gasteiger partial charge is 0.398 e. The van der Waals surface area contributed by atoms with Gasteiger partial charge in [-0.05, 0) is 57.2 Å². The van der Waals surface area contributed by atoms with E-state index in [4.69, 9.17) is 5.73 Å². The number of nitrogen functional groups attached to an aromatic ring is 1. The molecule has 0 atom stereocenters. The summed E-state index contributed by atoms with van der Waals surface area (Å²) in [6.45, 7) is 0. The summed E-state index contributed by atoms with van der Waals surface area (Å²) in [5, 5.41) is 4.23. The van der Waals surface area contributed by atoms with Crippen LogP contribution in [0.15, 0.2) is 23.1 Å². The van der Waals surface area contributed by atoms with Gasteiger partial charge in [-0.15, -0.1) is 0 Å². The van der Waals surface area contributed by atoms with Gasteiger partial charge >= 0.3 is 0 Å². The van der Waals surface area contributed by atoms with Gasteiger partial charge in [0, 0.05) is 17.0 Å². The van der Waals surface area contributed by atoms with Crippen LogP contribution in [0.1, 0.15) is 25.7 Å². The number of benzene rings is 1. The van der Waals surface area contributed by atoms with Gasteiger partial charge in [0.05, 0.1) is 5.69 Å². The quantitative estimate of drug-likeness (QED) is 0.722. The highest BCUT2D eigenvalue weighted by atomic mass is 32.2. The van der Waals surface area contributed by atoms with Crippen molar-refractivity contribution < 1.29 is 8.42 Å². The summed E-state index contributed by atoms with van der Waals surface area (Å²) in [4.78, 5) is 0.127. The predicted molar refractivity (Wildman–Crippen MR) is 90.3 cm³/mol. The minimum Gasteiger partial charge on any atom is -0.398 e. The molecule has 0 bridgehead atoms. The van der Waals surface area contributed by atoms with Crippen molar-refractivity contribution in [3.8, 4) is 0 Å². The van der Waals surface area contributed by atoms with Crippen LogP contribution in [0.3, 0.4) is 0 Å². The Kier molecular flexibility index (Phi) is 5.40. The molecule has 7 heteroatoms. The molecule has 0 radical (unpaired) electrons. The molecule has 1 aromatic carbocycles. The van der Waals surface area contributed by atoms with Crippen molar-refractivity contribution in [2.24, 2.45) is 0 Å². The van der Waals surface area contributed by atoms with Crippen LogP contribution in [0.5, 0.6) is 0 Å². The molecule has 0 aliphatic heterocycles. The van der Waals surface area contributed by atoms with E-state index in [0.29, 0.717) is 6.04 Å². The lowest BCUT2D eigenvalue weighted by atomic mass is 9.95. The van der Waals surface area contributed by atoms with Crippen molar-refractivity contribution in [3.63, 3.8) is 0 Å². The summed E-state index contributed by atoms with van der Waals surface area (Å²) in [6.07, 6.45) is 6.89. The van der Waals surface area contributed by atoms with E-state index in [9.17, 15) is 8.42 Å². The Morgan fingerprint density at radius 1 is 1.24 bits per heavy atom. The van der Waals surface area contributed by atoms with E-state index in [2.05, 4.69) is 16.3 Å². The molecule has 5 nitrogen and oxygen atoms in total. The van der Waals surface area contributed by atoms with Gasteiger partial charge in [-0.2, -0.15) is 11.8 Å². The van der Waals surface area contributed by atoms with Crippen LogP contribution in [0.25, 0.3) is 0 Å². The zero-order chi connectivity index (χ0) is 15.5. The van der Waals surface area contributed by atoms with E-state index in [0.717, 1.165) is 23.8 Å². The van der Waals surface area contributed by atoms with E-state index < -0.39 is 10.0 Å². The first kappa shape index (κ1) is 16.5. The maximum absolute atomic E-state index is 11.8. The van der Waals surface area contributed by atoms with Crippen LogP contribution in [-0.4, -0.2) is 33.0 Å². The van der Waals surface area contributed by atoms with Crippen LogP contribution in [0.2, 0.25) is 0 Å². The third-order valence-corrected chi connectivity index (χ3v) is 6.57. The van der Waals surface area contributed by atoms with Crippen LogP contribution >= 0.6 is 11.8 Å². The third kappa shape index (κ3) is 4.05. The van der Waals surface area contributed by atoms with E-state index in [1.54, 1.807) is 18.2 Å². The number of hydrogen-bond acceptors (Lipinski definition) is 5. The molecule has 0 amide bonds. The average Bonchev–Trinajstić information content (AvgIpc) is 2.48. The van der Waals surface area contributed by atoms with E-state index in [1.165, 1.54) is 19.9 Å². The first-order valence-electron chi connectivity index (χ1n) is 7.08. The molecular weight excluding hydrogens is 306 g/mol. The van der Waals surface area contributed by atoms with Crippen molar-refractivity contribution in [3.05, 3.63) is 18.2 Å². The average molecular weight is 329 g/mol. The monoisotopic (exact) mass is 329 g/mol. The number of nitrogens with two attached hydrogens (primary N) is 1. The van der Waals surface area contributed by atoms with Crippen LogP contribution in [0.4, 0.5) is 11.4 Å². The standard InChI is InChI=1S/C14H23N3O2S2/c1-16-21(18,19)14-8-5-11(9-13(14)15)17-10-3-6-12(20-2)7-4-10/h5,8-10,12,16-17H,3-4,6-7,15H2,1-2H3. The van der Waals surface area contributed by atoms with Gasteiger partial charge in [-0.3, -0.25) is 0 Å². The number of anilines is 2. The highest BCUT2D eigenvalue weighted by Crippen LogP contribution is 2.30. The normalized spacial score (nSPS) is 23.0. The van der Waals surface area contributed by atoms with Crippen molar-refractivity contribution in [2.75, 3.05) is 24.4 Å². The summed E-state index contributed by atoms with van der Waals surface area (Å²) in [7, 11) is -2.11. The second kappa shape index (κ2) is 6.89. The van der Waals surface area contributed by atoms with Gasteiger partial charge in [-0.1, -0.05) is 0 Å². The Balaban J connectivity index is 2.04. The Morgan fingerprint density at radius 2 is 1.90 bits per heavy atom. The molecule has 21 heavy (non-hydrogen) atoms. The van der Waals surface area contributed by atoms with Gasteiger partial charge in [0.25, 0.3) is 0 Å². The van der Waals surface area contributed by atoms with E-state index >= 15 is 0 Å². The predicted octanol–water partition coefficient (Wildman–Crippen LogP) is 2.26. The Bertz CT molecular complexity index is 582. The second-order valence-corrected chi connectivity index (χ2v) is 8.31. The summed E-state index contributed by atoms with van der Waals surface area (Å²) in [6, 6.07) is 5.47. The summed E-state index contributed by atoms with van der Waals surface area (Å²) in [5.74, 6) is 0. The van der Waals surface area contributed by atoms with Crippen LogP contribution in [-0.2, 0) is 10.0 Å². The van der Waals surface area contributed by atoms with Crippen molar-refractivity contribution in [2.45, 2.75) is 41.9 Å². The lowest BCUT2D eigenvalue weighted by Crippen LogP contribution is -2.27. The molecule has 1 fully saturated rings. The molecule has 118 valence electrons. The van der Waals surface area contributed by atoms with Gasteiger partial charge in [0.1, 0.15) is 4.90 Å². The van der Waals surface area contributed by atoms with Gasteiger partial charge < -0.3 is 11.1 Å². The molecule has 2 rings (SSSR count). The molecular formula is C14H23N3O2S2. The topological polar surface area (TPSA) is 84.2 Å². The minimum absolute atomic E-state index is 0.127. The fourth-order valence-electron chi connectivity index (χ4n) is 2.67. The molecule has 0 saturated heterocycles. The lowest BCUT2D eigenvalue weighted by Gasteiger charge is -2.29. The molecule has 1 aromatic rings. The van der Waals surface area contributed by atoms with E-state index in [-0.39, 0.29) is 10.6 Å². The van der Waals surface area contributed by atoms with Crippen molar-refractivity contribution >= 4 is 33.2 Å². The molecule has 1 aliphatic rings. The molecule has 0 heterocycles. The molecule has 4 N–H and O–H groups in total. The second-order valence-electron chi connectivity index (χ2n) is 5.31. The fourth-order valence-corrected chi connectivity index (χ4v) is 4.25. The highest BCUT2D eigenvalue weighted by molar-refractivity contribution is 7.99. The molecule has 1 aliphatic carbocycles. The molecule has 1 saturated carbocycles. The van der Waals surface area contributed by atoms with Crippen molar-refractivity contribution in [1.82, 2.24) is 4.72 Å². The van der Waals surface area contributed by atoms with E-state index in [1.807, 2.05) is 11.8 Å². The van der Waals surface area contributed by atoms with Crippen molar-refractivity contribution in [1.29, 1.82) is 0 Å². The Labute approximate surface area is 131 Å². The Hall–Kier alpha value is -0.920. The maximum Gasteiger partial charge on any atom is 0.242 e. The van der Waals surface area contributed by atoms with Crippen LogP contribution < -0.4 is 15.8 Å². The van der Waals surface area contributed by atoms with Crippen LogP contribution in [0, 0.1) is 0 Å². The summed E-state index contributed by atoms with van der Waals surface area (Å²) in [5.41, 5.74) is 7.02. The van der Waals surface area contributed by atoms with Gasteiger partial charge in [0.2, 0.25) is 10.0 Å². The maximum atomic E-state index is 11.8. The van der Waals surface area contributed by atoms with Gasteiger partial charge in [0.15, 0.2) is 0 Å². The third-order valence-electron chi connectivity index (χ3n) is 3.95. The number of rotatable bonds is 5. The number of thioether (sulfide) groups is 1. The lowest BCUT2D eigenvalue weighted by molar-refractivity contribution is 0.473. The number of nitrogens with one attached hydrogen (secondary N) is 2. The number of hydrogen-bond donors (Lipinski definition) is 3. The Morgan fingerprint density at radius 3 is 2.43 bits per heavy atom. The summed E-state index contributed by atoms with van der Waals surface area (Å²) < 4.78 is 25.8. The van der Waals surface area contributed by atoms with Gasteiger partial charge in [-0.25, -0.2) is 13.1 Å². The summed E-state index contributed by atoms with van der Waals surface area (Å²) >= 11 is 1.94. The molecule has 0 unspecified atom stereocenters. The number of sulfonamides is 1. The zero-order valence-electron chi connectivity index (χ0n) is 12.4. The first-order chi connectivity index (χ1) is 9.96.